The maximum Gasteiger partial charge on any atom is 0.262 e. The van der Waals surface area contributed by atoms with Crippen LogP contribution in [0, 0.1) is 0 Å². The van der Waals surface area contributed by atoms with Crippen molar-refractivity contribution in [1.82, 2.24) is 10.1 Å². The Morgan fingerprint density at radius 2 is 1.93 bits per heavy atom. The van der Waals surface area contributed by atoms with Crippen LogP contribution in [0.1, 0.15) is 25.6 Å². The van der Waals surface area contributed by atoms with E-state index in [9.17, 15) is 4.79 Å². The summed E-state index contributed by atoms with van der Waals surface area (Å²) in [6, 6.07) is 12.3. The lowest BCUT2D eigenvalue weighted by molar-refractivity contribution is -0.118. The first-order valence-corrected chi connectivity index (χ1v) is 8.85. The molecule has 0 atom stereocenters. The van der Waals surface area contributed by atoms with Gasteiger partial charge in [0.25, 0.3) is 11.8 Å². The molecule has 2 heterocycles. The average Bonchev–Trinajstić information content (AvgIpc) is 3.36. The zero-order valence-electron chi connectivity index (χ0n) is 15.5. The standard InChI is InChI=1S/C20H19N3O5/c1-12(2)19-22-20(28-23-19)13-3-6-15(7-4-13)25-10-18(24)21-14-5-8-16-17(9-14)27-11-26-16/h3-9,12H,10-11H2,1-2H3,(H,21,24). The van der Waals surface area contributed by atoms with Crippen LogP contribution in [-0.4, -0.2) is 29.4 Å². The van der Waals surface area contributed by atoms with Crippen molar-refractivity contribution >= 4 is 11.6 Å². The smallest absolute Gasteiger partial charge is 0.262 e. The monoisotopic (exact) mass is 381 g/mol. The Hall–Kier alpha value is -3.55. The van der Waals surface area contributed by atoms with Gasteiger partial charge in [-0.2, -0.15) is 4.98 Å². The average molecular weight is 381 g/mol. The Bertz CT molecular complexity index is 982. The number of carbonyl (C=O) groups is 1. The van der Waals surface area contributed by atoms with Crippen LogP contribution in [0.5, 0.6) is 17.2 Å². The van der Waals surface area contributed by atoms with Crippen molar-refractivity contribution in [3.8, 4) is 28.7 Å². The molecule has 0 radical (unpaired) electrons. The second kappa shape index (κ2) is 7.59. The van der Waals surface area contributed by atoms with Crippen LogP contribution in [-0.2, 0) is 4.79 Å². The molecule has 0 bridgehead atoms. The SMILES string of the molecule is CC(C)c1noc(-c2ccc(OCC(=O)Nc3ccc4c(c3)OCO4)cc2)n1. The third-order valence-corrected chi connectivity index (χ3v) is 4.09. The number of anilines is 1. The van der Waals surface area contributed by atoms with E-state index in [-0.39, 0.29) is 25.2 Å². The highest BCUT2D eigenvalue weighted by Crippen LogP contribution is 2.34. The van der Waals surface area contributed by atoms with Crippen LogP contribution in [0.2, 0.25) is 0 Å². The van der Waals surface area contributed by atoms with E-state index in [1.165, 1.54) is 0 Å². The van der Waals surface area contributed by atoms with E-state index in [0.717, 1.165) is 5.56 Å². The molecule has 2 aromatic carbocycles. The number of amides is 1. The number of carbonyl (C=O) groups excluding carboxylic acids is 1. The summed E-state index contributed by atoms with van der Waals surface area (Å²) < 4.78 is 21.3. The fourth-order valence-corrected chi connectivity index (χ4v) is 2.60. The molecular formula is C20H19N3O5. The number of fused-ring (bicyclic) bond motifs is 1. The highest BCUT2D eigenvalue weighted by molar-refractivity contribution is 5.92. The Labute approximate surface area is 161 Å². The summed E-state index contributed by atoms with van der Waals surface area (Å²) in [5, 5.41) is 6.71. The highest BCUT2D eigenvalue weighted by atomic mass is 16.7. The van der Waals surface area contributed by atoms with E-state index in [1.54, 1.807) is 30.3 Å². The predicted molar refractivity (Wildman–Crippen MR) is 101 cm³/mol. The summed E-state index contributed by atoms with van der Waals surface area (Å²) in [6.07, 6.45) is 0. The first-order chi connectivity index (χ1) is 13.6. The molecule has 1 aliphatic heterocycles. The van der Waals surface area contributed by atoms with Crippen molar-refractivity contribution in [2.45, 2.75) is 19.8 Å². The van der Waals surface area contributed by atoms with Crippen molar-refractivity contribution in [2.75, 3.05) is 18.7 Å². The summed E-state index contributed by atoms with van der Waals surface area (Å²) in [5.41, 5.74) is 1.40. The third-order valence-electron chi connectivity index (χ3n) is 4.09. The van der Waals surface area contributed by atoms with Gasteiger partial charge in [0.05, 0.1) is 0 Å². The minimum Gasteiger partial charge on any atom is -0.484 e. The number of nitrogens with zero attached hydrogens (tertiary/aromatic N) is 2. The normalized spacial score (nSPS) is 12.2. The molecule has 8 heteroatoms. The van der Waals surface area contributed by atoms with Crippen molar-refractivity contribution in [3.05, 3.63) is 48.3 Å². The zero-order chi connectivity index (χ0) is 19.5. The molecule has 1 aromatic heterocycles. The Balaban J connectivity index is 1.32. The summed E-state index contributed by atoms with van der Waals surface area (Å²) in [6.45, 7) is 4.07. The molecule has 144 valence electrons. The van der Waals surface area contributed by atoms with Gasteiger partial charge in [-0.1, -0.05) is 19.0 Å². The number of hydrogen-bond donors (Lipinski definition) is 1. The molecule has 1 N–H and O–H groups in total. The van der Waals surface area contributed by atoms with Gasteiger partial charge in [0, 0.05) is 23.2 Å². The van der Waals surface area contributed by atoms with Crippen LogP contribution in [0.25, 0.3) is 11.5 Å². The highest BCUT2D eigenvalue weighted by Gasteiger charge is 2.15. The maximum atomic E-state index is 12.1. The second-order valence-corrected chi connectivity index (χ2v) is 6.54. The largest absolute Gasteiger partial charge is 0.484 e. The number of rotatable bonds is 6. The molecule has 4 rings (SSSR count). The van der Waals surface area contributed by atoms with Gasteiger partial charge < -0.3 is 24.1 Å². The van der Waals surface area contributed by atoms with Gasteiger partial charge in [-0.15, -0.1) is 0 Å². The second-order valence-electron chi connectivity index (χ2n) is 6.54. The number of hydrogen-bond acceptors (Lipinski definition) is 7. The summed E-state index contributed by atoms with van der Waals surface area (Å²) >= 11 is 0. The van der Waals surface area contributed by atoms with Gasteiger partial charge in [0.2, 0.25) is 6.79 Å². The number of ether oxygens (including phenoxy) is 3. The van der Waals surface area contributed by atoms with Gasteiger partial charge in [-0.25, -0.2) is 0 Å². The van der Waals surface area contributed by atoms with Gasteiger partial charge >= 0.3 is 0 Å². The minimum absolute atomic E-state index is 0.119. The van der Waals surface area contributed by atoms with Crippen LogP contribution >= 0.6 is 0 Å². The molecule has 1 aliphatic rings. The van der Waals surface area contributed by atoms with Gasteiger partial charge in [0.1, 0.15) is 5.75 Å². The van der Waals surface area contributed by atoms with Gasteiger partial charge in [-0.05, 0) is 36.4 Å². The molecule has 3 aromatic rings. The Morgan fingerprint density at radius 3 is 2.68 bits per heavy atom. The molecule has 0 spiro atoms. The molecular weight excluding hydrogens is 362 g/mol. The summed E-state index contributed by atoms with van der Waals surface area (Å²) in [4.78, 5) is 16.5. The van der Waals surface area contributed by atoms with Crippen molar-refractivity contribution < 1.29 is 23.5 Å². The molecule has 8 nitrogen and oxygen atoms in total. The lowest BCUT2D eigenvalue weighted by Gasteiger charge is -2.08. The lowest BCUT2D eigenvalue weighted by atomic mass is 10.2. The van der Waals surface area contributed by atoms with E-state index in [1.807, 2.05) is 26.0 Å². The zero-order valence-corrected chi connectivity index (χ0v) is 15.5. The van der Waals surface area contributed by atoms with E-state index in [4.69, 9.17) is 18.7 Å². The molecule has 0 saturated carbocycles. The van der Waals surface area contributed by atoms with Crippen LogP contribution in [0.4, 0.5) is 5.69 Å². The predicted octanol–water partition coefficient (Wildman–Crippen LogP) is 3.61. The minimum atomic E-state index is -0.276. The van der Waals surface area contributed by atoms with E-state index in [0.29, 0.717) is 34.7 Å². The Kier molecular flexibility index (Phi) is 4.84. The Morgan fingerprint density at radius 1 is 1.14 bits per heavy atom. The topological polar surface area (TPSA) is 95.7 Å². The molecule has 0 saturated heterocycles. The van der Waals surface area contributed by atoms with Crippen LogP contribution in [0.3, 0.4) is 0 Å². The van der Waals surface area contributed by atoms with E-state index >= 15 is 0 Å². The van der Waals surface area contributed by atoms with Gasteiger partial charge in [0.15, 0.2) is 23.9 Å². The maximum absolute atomic E-state index is 12.1. The van der Waals surface area contributed by atoms with Gasteiger partial charge in [-0.3, -0.25) is 4.79 Å². The fraction of sp³-hybridized carbons (Fsp3) is 0.250. The summed E-state index contributed by atoms with van der Waals surface area (Å²) in [7, 11) is 0. The van der Waals surface area contributed by atoms with Crippen LogP contribution in [0.15, 0.2) is 47.0 Å². The molecule has 28 heavy (non-hydrogen) atoms. The van der Waals surface area contributed by atoms with Crippen LogP contribution < -0.4 is 19.5 Å². The van der Waals surface area contributed by atoms with E-state index < -0.39 is 0 Å². The molecule has 1 amide bonds. The third kappa shape index (κ3) is 3.90. The van der Waals surface area contributed by atoms with E-state index in [2.05, 4.69) is 15.5 Å². The number of nitrogens with one attached hydrogen (secondary N) is 1. The van der Waals surface area contributed by atoms with Crippen molar-refractivity contribution in [2.24, 2.45) is 0 Å². The molecule has 0 aliphatic carbocycles. The quantitative estimate of drug-likeness (QED) is 0.697. The lowest BCUT2D eigenvalue weighted by Crippen LogP contribution is -2.20. The van der Waals surface area contributed by atoms with Crippen molar-refractivity contribution in [1.29, 1.82) is 0 Å². The first kappa shape index (κ1) is 17.8. The number of aromatic nitrogens is 2. The molecule has 0 unspecified atom stereocenters. The summed E-state index contributed by atoms with van der Waals surface area (Å²) in [5.74, 6) is 2.87. The number of benzene rings is 2. The fourth-order valence-electron chi connectivity index (χ4n) is 2.60. The molecule has 0 fully saturated rings. The van der Waals surface area contributed by atoms with Crippen molar-refractivity contribution in [3.63, 3.8) is 0 Å². The first-order valence-electron chi connectivity index (χ1n) is 8.85.